The predicted molar refractivity (Wildman–Crippen MR) is 58.9 cm³/mol. The summed E-state index contributed by atoms with van der Waals surface area (Å²) in [4.78, 5) is 0. The first kappa shape index (κ1) is 8.91. The Bertz CT molecular complexity index is 282. The van der Waals surface area contributed by atoms with Crippen LogP contribution in [0, 0.1) is 0 Å². The Morgan fingerprint density at radius 1 is 1.46 bits per heavy atom. The Kier molecular flexibility index (Phi) is 2.76. The molecule has 0 spiro atoms. The molecule has 2 rings (SSSR count). The highest BCUT2D eigenvalue weighted by molar-refractivity contribution is 7.99. The number of rotatable bonds is 1. The number of nitrogens with one attached hydrogen (secondary N) is 1. The molecule has 1 heterocycles. The van der Waals surface area contributed by atoms with Crippen molar-refractivity contribution in [1.82, 2.24) is 5.32 Å². The Hall–Kier alpha value is -0.670. The predicted octanol–water partition coefficient (Wildman–Crippen LogP) is 1.65. The number of hydrogen-bond acceptors (Lipinski definition) is 3. The van der Waals surface area contributed by atoms with Crippen molar-refractivity contribution in [2.24, 2.45) is 0 Å². The second-order valence-electron chi connectivity index (χ2n) is 3.23. The zero-order chi connectivity index (χ0) is 9.10. The summed E-state index contributed by atoms with van der Waals surface area (Å²) in [6, 6.07) is 8.19. The molecule has 70 valence electrons. The number of thioether (sulfide) groups is 1. The van der Waals surface area contributed by atoms with Crippen LogP contribution in [0.5, 0.6) is 0 Å². The fourth-order valence-electron chi connectivity index (χ4n) is 1.54. The molecule has 1 unspecified atom stereocenters. The first-order chi connectivity index (χ1) is 6.36. The topological polar surface area (TPSA) is 38.0 Å². The zero-order valence-corrected chi connectivity index (χ0v) is 8.31. The SMILES string of the molecule is Nc1cccc(C2CNCCS2)c1. The van der Waals surface area contributed by atoms with Crippen LogP contribution in [0.2, 0.25) is 0 Å². The van der Waals surface area contributed by atoms with E-state index in [1.807, 2.05) is 23.9 Å². The van der Waals surface area contributed by atoms with Crippen LogP contribution in [-0.4, -0.2) is 18.8 Å². The number of benzene rings is 1. The highest BCUT2D eigenvalue weighted by atomic mass is 32.2. The molecule has 3 N–H and O–H groups in total. The van der Waals surface area contributed by atoms with Crippen LogP contribution < -0.4 is 11.1 Å². The highest BCUT2D eigenvalue weighted by Crippen LogP contribution is 2.30. The second-order valence-corrected chi connectivity index (χ2v) is 4.54. The maximum Gasteiger partial charge on any atom is 0.0423 e. The molecule has 0 aliphatic carbocycles. The van der Waals surface area contributed by atoms with Crippen LogP contribution in [0.15, 0.2) is 24.3 Å². The lowest BCUT2D eigenvalue weighted by Crippen LogP contribution is -2.28. The lowest BCUT2D eigenvalue weighted by molar-refractivity contribution is 0.689. The minimum atomic E-state index is 0.581. The van der Waals surface area contributed by atoms with Gasteiger partial charge in [0.1, 0.15) is 0 Å². The first-order valence-electron chi connectivity index (χ1n) is 4.54. The van der Waals surface area contributed by atoms with Crippen LogP contribution in [0.1, 0.15) is 10.8 Å². The highest BCUT2D eigenvalue weighted by Gasteiger charge is 2.14. The molecule has 1 aromatic carbocycles. The third-order valence-corrected chi connectivity index (χ3v) is 3.49. The molecule has 1 saturated heterocycles. The zero-order valence-electron chi connectivity index (χ0n) is 7.49. The van der Waals surface area contributed by atoms with Crippen LogP contribution in [-0.2, 0) is 0 Å². The molecule has 1 atom stereocenters. The molecule has 0 amide bonds. The van der Waals surface area contributed by atoms with Gasteiger partial charge in [-0.1, -0.05) is 12.1 Å². The van der Waals surface area contributed by atoms with Crippen molar-refractivity contribution in [1.29, 1.82) is 0 Å². The average molecular weight is 194 g/mol. The van der Waals surface area contributed by atoms with Gasteiger partial charge in [0.25, 0.3) is 0 Å². The van der Waals surface area contributed by atoms with Gasteiger partial charge in [0.05, 0.1) is 0 Å². The first-order valence-corrected chi connectivity index (χ1v) is 5.59. The van der Waals surface area contributed by atoms with Gasteiger partial charge in [0, 0.05) is 29.8 Å². The number of nitrogens with two attached hydrogens (primary N) is 1. The van der Waals surface area contributed by atoms with Gasteiger partial charge in [-0.05, 0) is 17.7 Å². The molecule has 0 radical (unpaired) electrons. The molecule has 1 fully saturated rings. The summed E-state index contributed by atoms with van der Waals surface area (Å²) >= 11 is 2.01. The Labute approximate surface area is 82.9 Å². The number of anilines is 1. The van der Waals surface area contributed by atoms with Gasteiger partial charge in [0.15, 0.2) is 0 Å². The van der Waals surface area contributed by atoms with Gasteiger partial charge in [0.2, 0.25) is 0 Å². The van der Waals surface area contributed by atoms with Crippen LogP contribution in [0.4, 0.5) is 5.69 Å². The maximum absolute atomic E-state index is 5.74. The lowest BCUT2D eigenvalue weighted by Gasteiger charge is -2.22. The normalized spacial score (nSPS) is 22.9. The number of nitrogen functional groups attached to an aromatic ring is 1. The monoisotopic (exact) mass is 194 g/mol. The fraction of sp³-hybridized carbons (Fsp3) is 0.400. The molecule has 0 aromatic heterocycles. The van der Waals surface area contributed by atoms with Gasteiger partial charge >= 0.3 is 0 Å². The van der Waals surface area contributed by atoms with Crippen molar-refractivity contribution in [2.75, 3.05) is 24.6 Å². The minimum absolute atomic E-state index is 0.581. The summed E-state index contributed by atoms with van der Waals surface area (Å²) in [5, 5.41) is 3.97. The molecule has 0 saturated carbocycles. The van der Waals surface area contributed by atoms with Crippen molar-refractivity contribution in [3.63, 3.8) is 0 Å². The summed E-state index contributed by atoms with van der Waals surface area (Å²) in [6.45, 7) is 2.19. The molecular formula is C10H14N2S. The van der Waals surface area contributed by atoms with E-state index in [2.05, 4.69) is 17.4 Å². The maximum atomic E-state index is 5.74. The quantitative estimate of drug-likeness (QED) is 0.668. The number of hydrogen-bond donors (Lipinski definition) is 2. The van der Waals surface area contributed by atoms with E-state index in [1.165, 1.54) is 11.3 Å². The van der Waals surface area contributed by atoms with E-state index < -0.39 is 0 Å². The van der Waals surface area contributed by atoms with E-state index >= 15 is 0 Å². The van der Waals surface area contributed by atoms with Crippen LogP contribution >= 0.6 is 11.8 Å². The average Bonchev–Trinajstić information content (AvgIpc) is 2.19. The van der Waals surface area contributed by atoms with Gasteiger partial charge in [-0.3, -0.25) is 0 Å². The van der Waals surface area contributed by atoms with E-state index in [0.29, 0.717) is 5.25 Å². The van der Waals surface area contributed by atoms with E-state index in [0.717, 1.165) is 18.8 Å². The van der Waals surface area contributed by atoms with Crippen molar-refractivity contribution >= 4 is 17.4 Å². The Morgan fingerprint density at radius 2 is 2.38 bits per heavy atom. The van der Waals surface area contributed by atoms with E-state index in [-0.39, 0.29) is 0 Å². The second kappa shape index (κ2) is 4.03. The van der Waals surface area contributed by atoms with Crippen LogP contribution in [0.3, 0.4) is 0 Å². The van der Waals surface area contributed by atoms with Crippen molar-refractivity contribution in [3.8, 4) is 0 Å². The van der Waals surface area contributed by atoms with Gasteiger partial charge in [-0.2, -0.15) is 11.8 Å². The largest absolute Gasteiger partial charge is 0.399 e. The van der Waals surface area contributed by atoms with Crippen molar-refractivity contribution in [3.05, 3.63) is 29.8 Å². The minimum Gasteiger partial charge on any atom is -0.399 e. The molecule has 1 aliphatic heterocycles. The van der Waals surface area contributed by atoms with Gasteiger partial charge in [-0.25, -0.2) is 0 Å². The third-order valence-electron chi connectivity index (χ3n) is 2.21. The summed E-state index contributed by atoms with van der Waals surface area (Å²) < 4.78 is 0. The van der Waals surface area contributed by atoms with Crippen LogP contribution in [0.25, 0.3) is 0 Å². The standard InChI is InChI=1S/C10H14N2S/c11-9-3-1-2-8(6-9)10-7-12-4-5-13-10/h1-3,6,10,12H,4-5,7,11H2. The summed E-state index contributed by atoms with van der Waals surface area (Å²) in [6.07, 6.45) is 0. The van der Waals surface area contributed by atoms with Gasteiger partial charge in [-0.15, -0.1) is 0 Å². The summed E-state index contributed by atoms with van der Waals surface area (Å²) in [7, 11) is 0. The molecule has 1 aromatic rings. The Balaban J connectivity index is 2.14. The van der Waals surface area contributed by atoms with E-state index in [4.69, 9.17) is 5.73 Å². The van der Waals surface area contributed by atoms with E-state index in [9.17, 15) is 0 Å². The van der Waals surface area contributed by atoms with Crippen molar-refractivity contribution < 1.29 is 0 Å². The Morgan fingerprint density at radius 3 is 3.08 bits per heavy atom. The summed E-state index contributed by atoms with van der Waals surface area (Å²) in [5.74, 6) is 1.19. The fourth-order valence-corrected chi connectivity index (χ4v) is 2.66. The van der Waals surface area contributed by atoms with E-state index in [1.54, 1.807) is 0 Å². The molecule has 3 heteroatoms. The van der Waals surface area contributed by atoms with Crippen molar-refractivity contribution in [2.45, 2.75) is 5.25 Å². The summed E-state index contributed by atoms with van der Waals surface area (Å²) in [5.41, 5.74) is 7.94. The molecule has 13 heavy (non-hydrogen) atoms. The molecule has 2 nitrogen and oxygen atoms in total. The lowest BCUT2D eigenvalue weighted by atomic mass is 10.1. The third kappa shape index (κ3) is 2.17. The molecule has 1 aliphatic rings. The molecular weight excluding hydrogens is 180 g/mol. The van der Waals surface area contributed by atoms with Gasteiger partial charge < -0.3 is 11.1 Å². The smallest absolute Gasteiger partial charge is 0.0423 e. The molecule has 0 bridgehead atoms.